The molecule has 0 radical (unpaired) electrons. The van der Waals surface area contributed by atoms with Gasteiger partial charge in [-0.3, -0.25) is 4.79 Å². The second-order valence-corrected chi connectivity index (χ2v) is 10.3. The van der Waals surface area contributed by atoms with E-state index in [-0.39, 0.29) is 6.03 Å². The maximum atomic E-state index is 11.8. The molecule has 0 unspecified atom stereocenters. The van der Waals surface area contributed by atoms with Crippen LogP contribution in [0.15, 0.2) is 84.9 Å². The molecule has 39 heavy (non-hydrogen) atoms. The average molecular weight is 527 g/mol. The highest BCUT2D eigenvalue weighted by molar-refractivity contribution is 5.94. The minimum atomic E-state index is -0.404. The third kappa shape index (κ3) is 9.32. The fourth-order valence-electron chi connectivity index (χ4n) is 4.18. The zero-order chi connectivity index (χ0) is 28.2. The van der Waals surface area contributed by atoms with Crippen molar-refractivity contribution < 1.29 is 9.59 Å². The van der Waals surface area contributed by atoms with Gasteiger partial charge in [0.15, 0.2) is 0 Å². The van der Waals surface area contributed by atoms with Gasteiger partial charge in [0.2, 0.25) is 5.91 Å². The van der Waals surface area contributed by atoms with Crippen molar-refractivity contribution in [3.63, 3.8) is 0 Å². The summed E-state index contributed by atoms with van der Waals surface area (Å²) in [6.45, 7) is 9.86. The number of carbonyl (C=O) groups excluding carboxylic acids is 2. The first kappa shape index (κ1) is 29.5. The number of nitrogens with one attached hydrogen (secondary N) is 2. The Hall–Kier alpha value is -4.06. The molecule has 0 atom stereocenters. The van der Waals surface area contributed by atoms with Gasteiger partial charge in [-0.25, -0.2) is 4.79 Å². The monoisotopic (exact) mass is 526 g/mol. The molecule has 4 N–H and O–H groups in total. The van der Waals surface area contributed by atoms with Crippen LogP contribution < -0.4 is 16.4 Å². The van der Waals surface area contributed by atoms with E-state index in [2.05, 4.69) is 43.2 Å². The molecule has 1 saturated heterocycles. The number of rotatable bonds is 5. The van der Waals surface area contributed by atoms with E-state index in [1.807, 2.05) is 60.5 Å². The maximum Gasteiger partial charge on any atom is 0.321 e. The molecule has 1 aliphatic heterocycles. The second kappa shape index (κ2) is 14.8. The van der Waals surface area contributed by atoms with Crippen molar-refractivity contribution in [2.75, 3.05) is 30.8 Å². The SMILES string of the molecule is C=C1CCC1.CC(C)c1ccc(NC(=O)N2CCCC2)cc1.CNc1ccc(-c2cccc(C(N)=O)c2)cc1. The Labute approximate surface area is 233 Å². The van der Waals surface area contributed by atoms with Gasteiger partial charge in [-0.2, -0.15) is 0 Å². The number of primary amides is 1. The molecule has 1 saturated carbocycles. The Morgan fingerprint density at radius 1 is 0.846 bits per heavy atom. The minimum Gasteiger partial charge on any atom is -0.388 e. The van der Waals surface area contributed by atoms with Gasteiger partial charge in [-0.05, 0) is 91.1 Å². The lowest BCUT2D eigenvalue weighted by atomic mass is 9.95. The standard InChI is InChI=1S/C14H20N2O.C14H14N2O.C5H8/c1-11(2)12-5-7-13(8-6-12)15-14(17)16-9-3-4-10-16;1-16-13-7-5-10(6-8-13)11-3-2-4-12(9-11)14(15)17;1-5-3-2-4-5/h5-8,11H,3-4,9-10H2,1-2H3,(H,15,17);2-9,16H,1H3,(H2,15,17);1-4H2. The zero-order valence-electron chi connectivity index (χ0n) is 23.5. The fraction of sp³-hybridized carbons (Fsp3) is 0.333. The summed E-state index contributed by atoms with van der Waals surface area (Å²) in [5.74, 6) is 0.122. The van der Waals surface area contributed by atoms with Gasteiger partial charge in [0.1, 0.15) is 0 Å². The van der Waals surface area contributed by atoms with E-state index in [1.54, 1.807) is 12.1 Å². The molecule has 1 aliphatic carbocycles. The quantitative estimate of drug-likeness (QED) is 0.298. The average Bonchev–Trinajstić information content (AvgIpc) is 3.49. The number of nitrogens with two attached hydrogens (primary N) is 1. The Bertz CT molecular complexity index is 1220. The number of urea groups is 1. The normalized spacial score (nSPS) is 13.8. The first-order valence-corrected chi connectivity index (χ1v) is 13.8. The Balaban J connectivity index is 0.000000183. The highest BCUT2D eigenvalue weighted by Crippen LogP contribution is 2.23. The van der Waals surface area contributed by atoms with E-state index < -0.39 is 5.91 Å². The van der Waals surface area contributed by atoms with Crippen LogP contribution in [0.5, 0.6) is 0 Å². The number of anilines is 2. The molecule has 3 aromatic carbocycles. The summed E-state index contributed by atoms with van der Waals surface area (Å²) in [6, 6.07) is 23.4. The summed E-state index contributed by atoms with van der Waals surface area (Å²) in [5, 5.41) is 6.00. The molecule has 3 amide bonds. The van der Waals surface area contributed by atoms with Crippen molar-refractivity contribution in [2.24, 2.45) is 5.73 Å². The Morgan fingerprint density at radius 3 is 1.92 bits per heavy atom. The second-order valence-electron chi connectivity index (χ2n) is 10.3. The van der Waals surface area contributed by atoms with Crippen LogP contribution in [-0.4, -0.2) is 37.0 Å². The molecule has 2 fully saturated rings. The summed E-state index contributed by atoms with van der Waals surface area (Å²) in [6.07, 6.45) is 6.22. The lowest BCUT2D eigenvalue weighted by molar-refractivity contribution is 0.1000. The van der Waals surface area contributed by atoms with Gasteiger partial charge >= 0.3 is 6.03 Å². The highest BCUT2D eigenvalue weighted by atomic mass is 16.2. The summed E-state index contributed by atoms with van der Waals surface area (Å²) in [4.78, 5) is 24.8. The molecule has 5 rings (SSSR count). The lowest BCUT2D eigenvalue weighted by Gasteiger charge is -2.16. The predicted molar refractivity (Wildman–Crippen MR) is 163 cm³/mol. The Kier molecular flexibility index (Phi) is 11.2. The number of amides is 3. The molecule has 1 heterocycles. The topological polar surface area (TPSA) is 87.5 Å². The van der Waals surface area contributed by atoms with Gasteiger partial charge in [0, 0.05) is 37.1 Å². The molecule has 0 spiro atoms. The number of likely N-dealkylation sites (tertiary alicyclic amines) is 1. The van der Waals surface area contributed by atoms with Crippen LogP contribution in [0.25, 0.3) is 11.1 Å². The number of allylic oxidation sites excluding steroid dienone is 1. The van der Waals surface area contributed by atoms with Crippen LogP contribution in [0.2, 0.25) is 0 Å². The number of hydrogen-bond donors (Lipinski definition) is 3. The zero-order valence-corrected chi connectivity index (χ0v) is 23.5. The molecule has 3 aromatic rings. The van der Waals surface area contributed by atoms with Crippen LogP contribution in [0, 0.1) is 0 Å². The van der Waals surface area contributed by atoms with Crippen molar-refractivity contribution >= 4 is 23.3 Å². The third-order valence-electron chi connectivity index (χ3n) is 6.94. The van der Waals surface area contributed by atoms with Crippen molar-refractivity contribution in [3.8, 4) is 11.1 Å². The van der Waals surface area contributed by atoms with Crippen molar-refractivity contribution in [1.29, 1.82) is 0 Å². The van der Waals surface area contributed by atoms with Gasteiger partial charge in [-0.15, -0.1) is 0 Å². The van der Waals surface area contributed by atoms with Crippen LogP contribution in [0.3, 0.4) is 0 Å². The van der Waals surface area contributed by atoms with Crippen LogP contribution >= 0.6 is 0 Å². The summed E-state index contributed by atoms with van der Waals surface area (Å²) in [5.41, 5.74) is 12.5. The van der Waals surface area contributed by atoms with E-state index in [9.17, 15) is 9.59 Å². The highest BCUT2D eigenvalue weighted by Gasteiger charge is 2.17. The summed E-state index contributed by atoms with van der Waals surface area (Å²) >= 11 is 0. The van der Waals surface area contributed by atoms with E-state index in [1.165, 1.54) is 30.4 Å². The van der Waals surface area contributed by atoms with Crippen LogP contribution in [0.4, 0.5) is 16.2 Å². The molecular weight excluding hydrogens is 484 g/mol. The molecular formula is C33H42N4O2. The van der Waals surface area contributed by atoms with Gasteiger partial charge < -0.3 is 21.3 Å². The first-order chi connectivity index (χ1) is 18.8. The van der Waals surface area contributed by atoms with E-state index in [0.717, 1.165) is 48.4 Å². The predicted octanol–water partition coefficient (Wildman–Crippen LogP) is 7.66. The van der Waals surface area contributed by atoms with Gasteiger partial charge in [0.25, 0.3) is 0 Å². The first-order valence-electron chi connectivity index (χ1n) is 13.8. The molecule has 0 aromatic heterocycles. The number of carbonyl (C=O) groups is 2. The number of benzene rings is 3. The van der Waals surface area contributed by atoms with Crippen molar-refractivity contribution in [2.45, 2.75) is 51.9 Å². The van der Waals surface area contributed by atoms with Crippen LogP contribution in [-0.2, 0) is 0 Å². The molecule has 6 heteroatoms. The summed E-state index contributed by atoms with van der Waals surface area (Å²) in [7, 11) is 1.88. The molecule has 2 aliphatic rings. The van der Waals surface area contributed by atoms with Crippen molar-refractivity contribution in [3.05, 3.63) is 96.1 Å². The largest absolute Gasteiger partial charge is 0.388 e. The fourth-order valence-corrected chi connectivity index (χ4v) is 4.18. The van der Waals surface area contributed by atoms with E-state index >= 15 is 0 Å². The maximum absolute atomic E-state index is 11.8. The van der Waals surface area contributed by atoms with Gasteiger partial charge in [-0.1, -0.05) is 62.4 Å². The van der Waals surface area contributed by atoms with Crippen molar-refractivity contribution in [1.82, 2.24) is 4.90 Å². The molecule has 206 valence electrons. The molecule has 0 bridgehead atoms. The Morgan fingerprint density at radius 2 is 1.44 bits per heavy atom. The number of hydrogen-bond acceptors (Lipinski definition) is 3. The van der Waals surface area contributed by atoms with Crippen LogP contribution in [0.1, 0.15) is 67.8 Å². The third-order valence-corrected chi connectivity index (χ3v) is 6.94. The molecule has 6 nitrogen and oxygen atoms in total. The smallest absolute Gasteiger partial charge is 0.321 e. The summed E-state index contributed by atoms with van der Waals surface area (Å²) < 4.78 is 0. The van der Waals surface area contributed by atoms with E-state index in [4.69, 9.17) is 5.73 Å². The van der Waals surface area contributed by atoms with Gasteiger partial charge in [0.05, 0.1) is 0 Å². The van der Waals surface area contributed by atoms with E-state index in [0.29, 0.717) is 11.5 Å². The minimum absolute atomic E-state index is 0.0276. The number of nitrogens with zero attached hydrogens (tertiary/aromatic N) is 1. The lowest BCUT2D eigenvalue weighted by Crippen LogP contribution is -2.32.